The Morgan fingerprint density at radius 1 is 1.11 bits per heavy atom. The number of benzene rings is 2. The van der Waals surface area contributed by atoms with Crippen LogP contribution in [-0.2, 0) is 24.3 Å². The molecular weight excluding hydrogens is 470 g/mol. The van der Waals surface area contributed by atoms with Gasteiger partial charge in [0, 0.05) is 49.1 Å². The van der Waals surface area contributed by atoms with E-state index in [1.807, 2.05) is 47.4 Å². The molecule has 0 saturated heterocycles. The molecule has 1 aliphatic heterocycles. The van der Waals surface area contributed by atoms with E-state index in [0.717, 1.165) is 36.1 Å². The van der Waals surface area contributed by atoms with Crippen LogP contribution in [0.15, 0.2) is 61.1 Å². The average Bonchev–Trinajstić information content (AvgIpc) is 3.42. The molecule has 0 unspecified atom stereocenters. The zero-order valence-electron chi connectivity index (χ0n) is 21.0. The van der Waals surface area contributed by atoms with E-state index in [4.69, 9.17) is 4.74 Å². The van der Waals surface area contributed by atoms with Gasteiger partial charge in [-0.2, -0.15) is 0 Å². The van der Waals surface area contributed by atoms with Gasteiger partial charge in [-0.15, -0.1) is 0 Å². The number of imidazole rings is 1. The van der Waals surface area contributed by atoms with Gasteiger partial charge in [-0.3, -0.25) is 14.5 Å². The summed E-state index contributed by atoms with van der Waals surface area (Å²) in [5.41, 5.74) is 3.08. The van der Waals surface area contributed by atoms with Crippen LogP contribution in [0.3, 0.4) is 0 Å². The number of H-pyrrole nitrogens is 1. The second-order valence-corrected chi connectivity index (χ2v) is 9.31. The lowest BCUT2D eigenvalue weighted by atomic mass is 10.0. The van der Waals surface area contributed by atoms with Gasteiger partial charge in [-0.1, -0.05) is 36.4 Å². The molecule has 9 nitrogen and oxygen atoms in total. The van der Waals surface area contributed by atoms with Crippen molar-refractivity contribution >= 4 is 11.8 Å². The highest BCUT2D eigenvalue weighted by Gasteiger charge is 2.23. The SMILES string of the molecule is O=C1CN(Cc2ccccc2)Cc2c(cccc2C(=O)N[C@H](CO)Cc2cnc[nH]2)OCCCCCN1. The number of aromatic nitrogens is 2. The van der Waals surface area contributed by atoms with E-state index in [2.05, 4.69) is 20.6 Å². The molecule has 196 valence electrons. The number of hydrogen-bond acceptors (Lipinski definition) is 6. The van der Waals surface area contributed by atoms with E-state index in [0.29, 0.717) is 44.0 Å². The van der Waals surface area contributed by atoms with Crippen molar-refractivity contribution in [1.29, 1.82) is 0 Å². The summed E-state index contributed by atoms with van der Waals surface area (Å²) in [5.74, 6) is 0.298. The van der Waals surface area contributed by atoms with Crippen LogP contribution in [-0.4, -0.2) is 64.1 Å². The topological polar surface area (TPSA) is 120 Å². The van der Waals surface area contributed by atoms with Crippen LogP contribution in [0.25, 0.3) is 0 Å². The van der Waals surface area contributed by atoms with Crippen LogP contribution in [0.4, 0.5) is 0 Å². The molecule has 2 heterocycles. The minimum Gasteiger partial charge on any atom is -0.493 e. The lowest BCUT2D eigenvalue weighted by Gasteiger charge is -2.25. The Hall–Kier alpha value is -3.69. The molecule has 0 saturated carbocycles. The van der Waals surface area contributed by atoms with E-state index in [1.165, 1.54) is 0 Å². The molecule has 2 amide bonds. The van der Waals surface area contributed by atoms with Crippen molar-refractivity contribution in [2.45, 2.75) is 44.8 Å². The molecular formula is C28H35N5O4. The highest BCUT2D eigenvalue weighted by Crippen LogP contribution is 2.26. The summed E-state index contributed by atoms with van der Waals surface area (Å²) < 4.78 is 6.16. The fourth-order valence-electron chi connectivity index (χ4n) is 4.47. The maximum Gasteiger partial charge on any atom is 0.252 e. The number of amides is 2. The quantitative estimate of drug-likeness (QED) is 0.392. The largest absolute Gasteiger partial charge is 0.493 e. The van der Waals surface area contributed by atoms with E-state index in [9.17, 15) is 14.7 Å². The highest BCUT2D eigenvalue weighted by atomic mass is 16.5. The minimum atomic E-state index is -0.481. The first-order chi connectivity index (χ1) is 18.1. The zero-order chi connectivity index (χ0) is 25.9. The lowest BCUT2D eigenvalue weighted by molar-refractivity contribution is -0.122. The molecule has 0 bridgehead atoms. The normalized spacial score (nSPS) is 16.2. The predicted octanol–water partition coefficient (Wildman–Crippen LogP) is 2.42. The number of fused-ring (bicyclic) bond motifs is 1. The summed E-state index contributed by atoms with van der Waals surface area (Å²) in [6.07, 6.45) is 6.36. The van der Waals surface area contributed by atoms with Crippen molar-refractivity contribution in [2.75, 3.05) is 26.3 Å². The minimum absolute atomic E-state index is 0.0421. The van der Waals surface area contributed by atoms with Crippen LogP contribution in [0.5, 0.6) is 5.75 Å². The molecule has 0 aliphatic carbocycles. The Balaban J connectivity index is 1.61. The smallest absolute Gasteiger partial charge is 0.252 e. The first-order valence-corrected chi connectivity index (χ1v) is 12.8. The summed E-state index contributed by atoms with van der Waals surface area (Å²) in [4.78, 5) is 35.3. The molecule has 3 aromatic rings. The summed E-state index contributed by atoms with van der Waals surface area (Å²) in [6.45, 7) is 2.05. The number of rotatable bonds is 7. The highest BCUT2D eigenvalue weighted by molar-refractivity contribution is 5.96. The van der Waals surface area contributed by atoms with Gasteiger partial charge in [-0.25, -0.2) is 4.98 Å². The molecule has 1 aromatic heterocycles. The summed E-state index contributed by atoms with van der Waals surface area (Å²) in [7, 11) is 0. The van der Waals surface area contributed by atoms with Gasteiger partial charge in [0.25, 0.3) is 5.91 Å². The maximum atomic E-state index is 13.5. The van der Waals surface area contributed by atoms with Crippen LogP contribution in [0.1, 0.15) is 46.4 Å². The molecule has 4 N–H and O–H groups in total. The first-order valence-electron chi connectivity index (χ1n) is 12.8. The third-order valence-corrected chi connectivity index (χ3v) is 6.35. The van der Waals surface area contributed by atoms with E-state index in [1.54, 1.807) is 18.6 Å². The van der Waals surface area contributed by atoms with Gasteiger partial charge in [0.05, 0.1) is 32.1 Å². The van der Waals surface area contributed by atoms with Gasteiger partial charge >= 0.3 is 0 Å². The number of nitrogens with zero attached hydrogens (tertiary/aromatic N) is 2. The van der Waals surface area contributed by atoms with E-state index < -0.39 is 6.04 Å². The summed E-state index contributed by atoms with van der Waals surface area (Å²) >= 11 is 0. The van der Waals surface area contributed by atoms with Crippen LogP contribution in [0.2, 0.25) is 0 Å². The second kappa shape index (κ2) is 13.6. The number of aromatic amines is 1. The Morgan fingerprint density at radius 2 is 1.97 bits per heavy atom. The summed E-state index contributed by atoms with van der Waals surface area (Å²) in [5, 5.41) is 15.9. The fourth-order valence-corrected chi connectivity index (χ4v) is 4.47. The van der Waals surface area contributed by atoms with Gasteiger partial charge in [0.1, 0.15) is 5.75 Å². The lowest BCUT2D eigenvalue weighted by Crippen LogP contribution is -2.40. The van der Waals surface area contributed by atoms with Crippen LogP contribution < -0.4 is 15.4 Å². The molecule has 1 aliphatic rings. The van der Waals surface area contributed by atoms with Crippen molar-refractivity contribution in [3.63, 3.8) is 0 Å². The molecule has 2 aromatic carbocycles. The van der Waals surface area contributed by atoms with E-state index >= 15 is 0 Å². The Labute approximate surface area is 217 Å². The van der Waals surface area contributed by atoms with E-state index in [-0.39, 0.29) is 25.0 Å². The Morgan fingerprint density at radius 3 is 2.76 bits per heavy atom. The number of hydrogen-bond donors (Lipinski definition) is 4. The van der Waals surface area contributed by atoms with Gasteiger partial charge in [0.2, 0.25) is 5.91 Å². The number of ether oxygens (including phenoxy) is 1. The third kappa shape index (κ3) is 7.90. The first kappa shape index (κ1) is 26.4. The monoisotopic (exact) mass is 505 g/mol. The number of carbonyl (C=O) groups is 2. The Bertz CT molecular complexity index is 1140. The number of aliphatic hydroxyl groups is 1. The number of carbonyl (C=O) groups excluding carboxylic acids is 2. The molecule has 0 spiro atoms. The molecule has 0 fully saturated rings. The maximum absolute atomic E-state index is 13.5. The number of nitrogens with one attached hydrogen (secondary N) is 3. The van der Waals surface area contributed by atoms with Crippen molar-refractivity contribution < 1.29 is 19.4 Å². The van der Waals surface area contributed by atoms with Crippen LogP contribution >= 0.6 is 0 Å². The van der Waals surface area contributed by atoms with Gasteiger partial charge < -0.3 is 25.5 Å². The molecule has 37 heavy (non-hydrogen) atoms. The number of aliphatic hydroxyl groups excluding tert-OH is 1. The molecule has 0 radical (unpaired) electrons. The zero-order valence-corrected chi connectivity index (χ0v) is 21.0. The van der Waals surface area contributed by atoms with Crippen molar-refractivity contribution in [1.82, 2.24) is 25.5 Å². The van der Waals surface area contributed by atoms with Crippen molar-refractivity contribution in [3.8, 4) is 5.75 Å². The third-order valence-electron chi connectivity index (χ3n) is 6.35. The average molecular weight is 506 g/mol. The second-order valence-electron chi connectivity index (χ2n) is 9.31. The molecule has 9 heteroatoms. The summed E-state index contributed by atoms with van der Waals surface area (Å²) in [6, 6.07) is 14.9. The predicted molar refractivity (Wildman–Crippen MR) is 140 cm³/mol. The molecule has 1 atom stereocenters. The van der Waals surface area contributed by atoms with Gasteiger partial charge in [0.15, 0.2) is 0 Å². The fraction of sp³-hybridized carbons (Fsp3) is 0.393. The Kier molecular flexibility index (Phi) is 9.67. The molecule has 4 rings (SSSR count). The van der Waals surface area contributed by atoms with Crippen LogP contribution in [0, 0.1) is 0 Å². The van der Waals surface area contributed by atoms with Gasteiger partial charge in [-0.05, 0) is 37.0 Å². The van der Waals surface area contributed by atoms with Crippen molar-refractivity contribution in [2.24, 2.45) is 0 Å². The van der Waals surface area contributed by atoms with Crippen molar-refractivity contribution in [3.05, 3.63) is 83.4 Å². The standard InChI is InChI=1S/C28H35N5O4/c34-19-23(14-22-15-29-20-31-22)32-28(36)24-10-7-11-26-25(24)17-33(16-21-8-3-1-4-9-21)18-27(35)30-12-5-2-6-13-37-26/h1,3-4,7-11,15,20,23,34H,2,5-6,12-14,16-19H2,(H,29,31)(H,30,35)(H,32,36)/t23-/m0/s1.